The highest BCUT2D eigenvalue weighted by molar-refractivity contribution is 7.79. The second kappa shape index (κ2) is 6.74. The standard InChI is InChI=1S/C6H7O6PS/c1-3-5-10-13(7,11-6-4-2)12-14(8)9/h1-2H,5-6H2,(H,8,9). The van der Waals surface area contributed by atoms with Gasteiger partial charge in [0.05, 0.1) is 0 Å². The van der Waals surface area contributed by atoms with E-state index in [0.717, 1.165) is 0 Å². The maximum atomic E-state index is 11.3. The lowest BCUT2D eigenvalue weighted by Gasteiger charge is -2.11. The first-order valence-corrected chi connectivity index (χ1v) is 5.60. The lowest BCUT2D eigenvalue weighted by molar-refractivity contribution is 0.186. The van der Waals surface area contributed by atoms with Crippen LogP contribution in [0.1, 0.15) is 0 Å². The average molecular weight is 238 g/mol. The Kier molecular flexibility index (Phi) is 6.43. The third-order valence-corrected chi connectivity index (χ3v) is 2.90. The first-order valence-electron chi connectivity index (χ1n) is 3.11. The summed E-state index contributed by atoms with van der Waals surface area (Å²) >= 11 is -2.79. The van der Waals surface area contributed by atoms with Crippen molar-refractivity contribution in [1.82, 2.24) is 0 Å². The molecule has 0 radical (unpaired) electrons. The number of hydrogen-bond donors (Lipinski definition) is 1. The Morgan fingerprint density at radius 2 is 1.71 bits per heavy atom. The summed E-state index contributed by atoms with van der Waals surface area (Å²) in [7, 11) is -4.14. The minimum atomic E-state index is -4.14. The van der Waals surface area contributed by atoms with Crippen LogP contribution in [-0.4, -0.2) is 22.0 Å². The van der Waals surface area contributed by atoms with E-state index in [1.54, 1.807) is 0 Å². The van der Waals surface area contributed by atoms with Crippen LogP contribution >= 0.6 is 7.82 Å². The van der Waals surface area contributed by atoms with E-state index in [4.69, 9.17) is 17.4 Å². The molecule has 0 heterocycles. The van der Waals surface area contributed by atoms with Crippen LogP contribution in [0.4, 0.5) is 0 Å². The second-order valence-corrected chi connectivity index (χ2v) is 4.14. The summed E-state index contributed by atoms with van der Waals surface area (Å²) in [5.74, 6) is 3.97. The van der Waals surface area contributed by atoms with Crippen molar-refractivity contribution in [3.05, 3.63) is 0 Å². The first-order chi connectivity index (χ1) is 6.54. The fourth-order valence-corrected chi connectivity index (χ4v) is 1.90. The van der Waals surface area contributed by atoms with Gasteiger partial charge in [0.25, 0.3) is 0 Å². The van der Waals surface area contributed by atoms with Crippen LogP contribution in [0.2, 0.25) is 0 Å². The van der Waals surface area contributed by atoms with Gasteiger partial charge in [-0.3, -0.25) is 13.6 Å². The lowest BCUT2D eigenvalue weighted by atomic mass is 10.8. The van der Waals surface area contributed by atoms with E-state index in [-0.39, 0.29) is 13.2 Å². The Balaban J connectivity index is 4.36. The van der Waals surface area contributed by atoms with Gasteiger partial charge in [0.2, 0.25) is 0 Å². The summed E-state index contributed by atoms with van der Waals surface area (Å²) in [6.07, 6.45) is 9.62. The maximum Gasteiger partial charge on any atom is 0.491 e. The number of hydrogen-bond acceptors (Lipinski definition) is 5. The van der Waals surface area contributed by atoms with E-state index in [9.17, 15) is 8.77 Å². The molecule has 0 aliphatic rings. The van der Waals surface area contributed by atoms with Crippen LogP contribution in [0.5, 0.6) is 0 Å². The first kappa shape index (κ1) is 13.3. The van der Waals surface area contributed by atoms with Gasteiger partial charge < -0.3 is 0 Å². The van der Waals surface area contributed by atoms with Crippen LogP contribution in [0.15, 0.2) is 0 Å². The zero-order valence-corrected chi connectivity index (χ0v) is 8.62. The second-order valence-electron chi connectivity index (χ2n) is 1.69. The zero-order chi connectivity index (χ0) is 11.0. The lowest BCUT2D eigenvalue weighted by Crippen LogP contribution is -2.02. The number of phosphoric acid groups is 1. The van der Waals surface area contributed by atoms with Gasteiger partial charge in [-0.1, -0.05) is 11.8 Å². The normalized spacial score (nSPS) is 12.8. The summed E-state index contributed by atoms with van der Waals surface area (Å²) in [4.78, 5) is 0. The van der Waals surface area contributed by atoms with Crippen LogP contribution in [-0.2, 0) is 28.9 Å². The number of terminal acetylenes is 2. The van der Waals surface area contributed by atoms with Crippen LogP contribution < -0.4 is 0 Å². The highest BCUT2D eigenvalue weighted by Gasteiger charge is 2.29. The van der Waals surface area contributed by atoms with Gasteiger partial charge in [-0.2, -0.15) is 8.18 Å². The predicted molar refractivity (Wildman–Crippen MR) is 49.0 cm³/mol. The fraction of sp³-hybridized carbons (Fsp3) is 0.333. The topological polar surface area (TPSA) is 82.1 Å². The third-order valence-electron chi connectivity index (χ3n) is 0.767. The molecule has 6 nitrogen and oxygen atoms in total. The van der Waals surface area contributed by atoms with Crippen molar-refractivity contribution in [1.29, 1.82) is 0 Å². The predicted octanol–water partition coefficient (Wildman–Crippen LogP) is 0.547. The SMILES string of the molecule is C#CCOP(=O)(OCC#C)OS(=O)O. The Hall–Kier alpha value is -0.660. The molecule has 0 aromatic carbocycles. The molecule has 0 aliphatic carbocycles. The summed E-state index contributed by atoms with van der Waals surface area (Å²) in [5.41, 5.74) is 0. The van der Waals surface area contributed by atoms with Crippen molar-refractivity contribution in [2.24, 2.45) is 0 Å². The summed E-state index contributed by atoms with van der Waals surface area (Å²) in [6.45, 7) is -0.780. The molecule has 1 unspecified atom stereocenters. The van der Waals surface area contributed by atoms with E-state index < -0.39 is 19.2 Å². The molecule has 0 rings (SSSR count). The van der Waals surface area contributed by atoms with Gasteiger partial charge in [0.15, 0.2) is 0 Å². The molecule has 78 valence electrons. The number of rotatable bonds is 6. The quantitative estimate of drug-likeness (QED) is 0.413. The Morgan fingerprint density at radius 1 is 1.29 bits per heavy atom. The minimum Gasteiger partial charge on any atom is -0.284 e. The van der Waals surface area contributed by atoms with Crippen molar-refractivity contribution in [3.8, 4) is 24.7 Å². The number of phosphoric ester groups is 1. The van der Waals surface area contributed by atoms with Gasteiger partial charge >= 0.3 is 19.2 Å². The Morgan fingerprint density at radius 3 is 2.00 bits per heavy atom. The van der Waals surface area contributed by atoms with E-state index >= 15 is 0 Å². The van der Waals surface area contributed by atoms with Gasteiger partial charge in [0, 0.05) is 0 Å². The van der Waals surface area contributed by atoms with Crippen LogP contribution in [0.3, 0.4) is 0 Å². The van der Waals surface area contributed by atoms with Crippen molar-refractivity contribution in [2.45, 2.75) is 0 Å². The van der Waals surface area contributed by atoms with Gasteiger partial charge in [-0.25, -0.2) is 4.57 Å². The highest BCUT2D eigenvalue weighted by Crippen LogP contribution is 2.49. The van der Waals surface area contributed by atoms with E-state index in [1.165, 1.54) is 0 Å². The molecular weight excluding hydrogens is 231 g/mol. The Labute approximate surface area is 84.0 Å². The summed E-state index contributed by atoms with van der Waals surface area (Å²) < 4.78 is 42.7. The molecule has 14 heavy (non-hydrogen) atoms. The molecule has 0 aromatic rings. The van der Waals surface area contributed by atoms with Crippen LogP contribution in [0.25, 0.3) is 0 Å². The molecule has 0 aromatic heterocycles. The molecule has 0 aliphatic heterocycles. The molecule has 0 fully saturated rings. The molecule has 1 atom stereocenters. The third kappa shape index (κ3) is 5.90. The zero-order valence-electron chi connectivity index (χ0n) is 6.91. The molecule has 0 bridgehead atoms. The van der Waals surface area contributed by atoms with Crippen molar-refractivity contribution < 1.29 is 26.3 Å². The molecule has 0 saturated heterocycles. The summed E-state index contributed by atoms with van der Waals surface area (Å²) in [6, 6.07) is 0. The smallest absolute Gasteiger partial charge is 0.284 e. The van der Waals surface area contributed by atoms with Gasteiger partial charge in [-0.15, -0.1) is 12.8 Å². The molecule has 8 heteroatoms. The highest BCUT2D eigenvalue weighted by atomic mass is 32.2. The van der Waals surface area contributed by atoms with E-state index in [2.05, 4.69) is 13.0 Å². The fourth-order valence-electron chi connectivity index (χ4n) is 0.391. The molecular formula is C6H7O6PS. The maximum absolute atomic E-state index is 11.3. The minimum absolute atomic E-state index is 0.390. The van der Waals surface area contributed by atoms with Crippen LogP contribution in [0, 0.1) is 24.7 Å². The molecule has 0 spiro atoms. The molecule has 0 saturated carbocycles. The summed E-state index contributed by atoms with van der Waals surface area (Å²) in [5, 5.41) is 0. The molecule has 0 amide bonds. The van der Waals surface area contributed by atoms with Gasteiger partial charge in [0.1, 0.15) is 13.2 Å². The average Bonchev–Trinajstić information content (AvgIpc) is 2.11. The monoisotopic (exact) mass is 238 g/mol. The largest absolute Gasteiger partial charge is 0.491 e. The van der Waals surface area contributed by atoms with Crippen molar-refractivity contribution in [2.75, 3.05) is 13.2 Å². The van der Waals surface area contributed by atoms with Gasteiger partial charge in [-0.05, 0) is 0 Å². The van der Waals surface area contributed by atoms with E-state index in [1.807, 2.05) is 11.8 Å². The molecule has 1 N–H and O–H groups in total. The Bertz CT molecular complexity index is 304. The van der Waals surface area contributed by atoms with Crippen molar-refractivity contribution >= 4 is 19.2 Å². The van der Waals surface area contributed by atoms with E-state index in [0.29, 0.717) is 0 Å². The van der Waals surface area contributed by atoms with Crippen molar-refractivity contribution in [3.63, 3.8) is 0 Å².